The van der Waals surface area contributed by atoms with Gasteiger partial charge in [-0.3, -0.25) is 0 Å². The van der Waals surface area contributed by atoms with Crippen molar-refractivity contribution in [3.05, 3.63) is 29.1 Å². The Morgan fingerprint density at radius 2 is 2.12 bits per heavy atom. The van der Waals surface area contributed by atoms with Gasteiger partial charge in [-0.05, 0) is 12.1 Å². The van der Waals surface area contributed by atoms with Gasteiger partial charge in [-0.1, -0.05) is 0 Å². The van der Waals surface area contributed by atoms with Crippen molar-refractivity contribution in [1.29, 1.82) is 0 Å². The van der Waals surface area contributed by atoms with E-state index in [1.807, 2.05) is 0 Å². The predicted molar refractivity (Wildman–Crippen MR) is 57.7 cm³/mol. The summed E-state index contributed by atoms with van der Waals surface area (Å²) in [6, 6.07) is 3.05. The van der Waals surface area contributed by atoms with Crippen molar-refractivity contribution >= 4 is 0 Å². The number of hydrogen-bond donors (Lipinski definition) is 2. The zero-order valence-electron chi connectivity index (χ0n) is 9.37. The van der Waals surface area contributed by atoms with E-state index < -0.39 is 11.9 Å². The van der Waals surface area contributed by atoms with Gasteiger partial charge in [0.25, 0.3) is 0 Å². The molecule has 0 saturated carbocycles. The first-order valence-corrected chi connectivity index (χ1v) is 4.88. The lowest BCUT2D eigenvalue weighted by Crippen LogP contribution is -2.14. The molecule has 0 amide bonds. The van der Waals surface area contributed by atoms with E-state index in [9.17, 15) is 9.50 Å². The van der Waals surface area contributed by atoms with Crippen LogP contribution in [0.1, 0.15) is 17.2 Å². The second kappa shape index (κ2) is 5.79. The van der Waals surface area contributed by atoms with Crippen molar-refractivity contribution in [1.82, 2.24) is 0 Å². The molecule has 3 N–H and O–H groups in total. The molecular weight excluding hydrogens is 213 g/mol. The molecule has 5 heteroatoms. The maximum absolute atomic E-state index is 14.0. The van der Waals surface area contributed by atoms with Crippen LogP contribution in [-0.4, -0.2) is 25.9 Å². The third-order valence-corrected chi connectivity index (χ3v) is 2.32. The first-order valence-electron chi connectivity index (χ1n) is 4.88. The molecular formula is C11H16FNO3. The first kappa shape index (κ1) is 12.9. The standard InChI is InChI=1S/C11H16FNO3/c1-15-6-8-10(16-2)4-3-7(11(8)12)9(14)5-13/h3-4,9,14H,5-6,13H2,1-2H3. The van der Waals surface area contributed by atoms with Gasteiger partial charge >= 0.3 is 0 Å². The van der Waals surface area contributed by atoms with E-state index in [0.717, 1.165) is 0 Å². The van der Waals surface area contributed by atoms with Crippen molar-refractivity contribution < 1.29 is 19.0 Å². The summed E-state index contributed by atoms with van der Waals surface area (Å²) in [6.07, 6.45) is -1.01. The van der Waals surface area contributed by atoms with Crippen molar-refractivity contribution in [3.63, 3.8) is 0 Å². The Hall–Kier alpha value is -1.17. The molecule has 0 aliphatic heterocycles. The summed E-state index contributed by atoms with van der Waals surface area (Å²) in [5, 5.41) is 9.52. The average molecular weight is 229 g/mol. The molecule has 4 nitrogen and oxygen atoms in total. The zero-order chi connectivity index (χ0) is 12.1. The van der Waals surface area contributed by atoms with Crippen LogP contribution in [-0.2, 0) is 11.3 Å². The highest BCUT2D eigenvalue weighted by molar-refractivity contribution is 5.39. The fourth-order valence-corrected chi connectivity index (χ4v) is 1.48. The average Bonchev–Trinajstić information content (AvgIpc) is 2.31. The van der Waals surface area contributed by atoms with Gasteiger partial charge < -0.3 is 20.3 Å². The molecule has 0 saturated heterocycles. The van der Waals surface area contributed by atoms with Crippen LogP contribution in [0.15, 0.2) is 12.1 Å². The Morgan fingerprint density at radius 1 is 1.44 bits per heavy atom. The Balaban J connectivity index is 3.20. The number of hydrogen-bond acceptors (Lipinski definition) is 4. The summed E-state index contributed by atoms with van der Waals surface area (Å²) < 4.78 is 23.9. The van der Waals surface area contributed by atoms with Gasteiger partial charge in [0.15, 0.2) is 0 Å². The molecule has 0 heterocycles. The van der Waals surface area contributed by atoms with Gasteiger partial charge in [0.2, 0.25) is 0 Å². The van der Waals surface area contributed by atoms with Crippen molar-refractivity contribution in [2.75, 3.05) is 20.8 Å². The smallest absolute Gasteiger partial charge is 0.138 e. The highest BCUT2D eigenvalue weighted by Gasteiger charge is 2.18. The van der Waals surface area contributed by atoms with Crippen LogP contribution in [0, 0.1) is 5.82 Å². The minimum absolute atomic E-state index is 0.0321. The fraction of sp³-hybridized carbons (Fsp3) is 0.455. The van der Waals surface area contributed by atoms with Gasteiger partial charge in [0.05, 0.1) is 25.4 Å². The minimum Gasteiger partial charge on any atom is -0.496 e. The van der Waals surface area contributed by atoms with E-state index in [4.69, 9.17) is 15.2 Å². The molecule has 1 unspecified atom stereocenters. The Bertz CT molecular complexity index is 357. The molecule has 0 fully saturated rings. The first-order chi connectivity index (χ1) is 7.65. The lowest BCUT2D eigenvalue weighted by Gasteiger charge is -2.15. The minimum atomic E-state index is -1.01. The van der Waals surface area contributed by atoms with E-state index in [0.29, 0.717) is 5.75 Å². The second-order valence-electron chi connectivity index (χ2n) is 3.33. The lowest BCUT2D eigenvalue weighted by atomic mass is 10.0. The summed E-state index contributed by atoms with van der Waals surface area (Å²) in [5.74, 6) is -0.133. The maximum Gasteiger partial charge on any atom is 0.138 e. The second-order valence-corrected chi connectivity index (χ2v) is 3.33. The third kappa shape index (κ3) is 2.49. The zero-order valence-corrected chi connectivity index (χ0v) is 9.37. The molecule has 90 valence electrons. The van der Waals surface area contributed by atoms with Crippen LogP contribution in [0.2, 0.25) is 0 Å². The van der Waals surface area contributed by atoms with E-state index >= 15 is 0 Å². The summed E-state index contributed by atoms with van der Waals surface area (Å²) in [4.78, 5) is 0. The molecule has 0 aliphatic rings. The van der Waals surface area contributed by atoms with E-state index in [1.165, 1.54) is 20.3 Å². The SMILES string of the molecule is COCc1c(OC)ccc(C(O)CN)c1F. The Morgan fingerprint density at radius 3 is 2.62 bits per heavy atom. The number of benzene rings is 1. The molecule has 0 radical (unpaired) electrons. The summed E-state index contributed by atoms with van der Waals surface area (Å²) in [5.41, 5.74) is 5.74. The normalized spacial score (nSPS) is 12.6. The van der Waals surface area contributed by atoms with Crippen LogP contribution < -0.4 is 10.5 Å². The largest absolute Gasteiger partial charge is 0.496 e. The number of halogens is 1. The van der Waals surface area contributed by atoms with Gasteiger partial charge in [-0.25, -0.2) is 4.39 Å². The van der Waals surface area contributed by atoms with E-state index in [2.05, 4.69) is 0 Å². The molecule has 1 aromatic rings. The highest BCUT2D eigenvalue weighted by Crippen LogP contribution is 2.28. The van der Waals surface area contributed by atoms with Gasteiger partial charge in [0.1, 0.15) is 11.6 Å². The quantitative estimate of drug-likeness (QED) is 0.789. The summed E-state index contributed by atoms with van der Waals surface area (Å²) in [6.45, 7) is 0.0514. The Labute approximate surface area is 93.8 Å². The van der Waals surface area contributed by atoms with Crippen molar-refractivity contribution in [2.24, 2.45) is 5.73 Å². The van der Waals surface area contributed by atoms with Gasteiger partial charge in [-0.2, -0.15) is 0 Å². The number of aliphatic hydroxyl groups is 1. The topological polar surface area (TPSA) is 64.7 Å². The summed E-state index contributed by atoms with van der Waals surface area (Å²) in [7, 11) is 2.91. The van der Waals surface area contributed by atoms with E-state index in [-0.39, 0.29) is 24.3 Å². The fourth-order valence-electron chi connectivity index (χ4n) is 1.48. The molecule has 0 spiro atoms. The van der Waals surface area contributed by atoms with E-state index in [1.54, 1.807) is 6.07 Å². The Kier molecular flexibility index (Phi) is 4.67. The number of aliphatic hydroxyl groups excluding tert-OH is 1. The molecule has 1 atom stereocenters. The molecule has 1 aromatic carbocycles. The number of nitrogens with two attached hydrogens (primary N) is 1. The molecule has 16 heavy (non-hydrogen) atoms. The third-order valence-electron chi connectivity index (χ3n) is 2.32. The molecule has 1 rings (SSSR count). The predicted octanol–water partition coefficient (Wildman–Crippen LogP) is 0.973. The monoisotopic (exact) mass is 229 g/mol. The van der Waals surface area contributed by atoms with Crippen LogP contribution in [0.5, 0.6) is 5.75 Å². The number of methoxy groups -OCH3 is 2. The molecule has 0 aliphatic carbocycles. The van der Waals surface area contributed by atoms with Gasteiger partial charge in [0, 0.05) is 19.2 Å². The van der Waals surface area contributed by atoms with Crippen molar-refractivity contribution in [2.45, 2.75) is 12.7 Å². The van der Waals surface area contributed by atoms with Crippen LogP contribution >= 0.6 is 0 Å². The van der Waals surface area contributed by atoms with Crippen LogP contribution in [0.3, 0.4) is 0 Å². The maximum atomic E-state index is 14.0. The van der Waals surface area contributed by atoms with Gasteiger partial charge in [-0.15, -0.1) is 0 Å². The number of rotatable bonds is 5. The lowest BCUT2D eigenvalue weighted by molar-refractivity contribution is 0.169. The van der Waals surface area contributed by atoms with Crippen LogP contribution in [0.25, 0.3) is 0 Å². The van der Waals surface area contributed by atoms with Crippen LogP contribution in [0.4, 0.5) is 4.39 Å². The summed E-state index contributed by atoms with van der Waals surface area (Å²) >= 11 is 0. The molecule has 0 aromatic heterocycles. The number of ether oxygens (including phenoxy) is 2. The molecule has 0 bridgehead atoms. The highest BCUT2D eigenvalue weighted by atomic mass is 19.1. The van der Waals surface area contributed by atoms with Crippen molar-refractivity contribution in [3.8, 4) is 5.75 Å².